The number of carbonyl (C=O) groups excluding carboxylic acids is 1. The summed E-state index contributed by atoms with van der Waals surface area (Å²) < 4.78 is 16.3. The minimum absolute atomic E-state index is 0.0436. The highest BCUT2D eigenvalue weighted by Crippen LogP contribution is 2.37. The van der Waals surface area contributed by atoms with Crippen molar-refractivity contribution in [3.05, 3.63) is 59.8 Å². The maximum absolute atomic E-state index is 13.0. The zero-order valence-corrected chi connectivity index (χ0v) is 19.4. The molecule has 1 aliphatic rings. The molecule has 0 radical (unpaired) electrons. The maximum Gasteiger partial charge on any atom is 0.220 e. The number of aromatic nitrogens is 1. The van der Waals surface area contributed by atoms with Gasteiger partial charge in [-0.2, -0.15) is 0 Å². The number of ether oxygens (including phenoxy) is 3. The lowest BCUT2D eigenvalue weighted by atomic mass is 9.87. The Morgan fingerprint density at radius 3 is 2.70 bits per heavy atom. The van der Waals surface area contributed by atoms with Crippen LogP contribution in [-0.2, 0) is 9.53 Å². The molecule has 1 fully saturated rings. The second-order valence-electron chi connectivity index (χ2n) is 8.32. The lowest BCUT2D eigenvalue weighted by Crippen LogP contribution is -2.38. The summed E-state index contributed by atoms with van der Waals surface area (Å²) in [6.45, 7) is 5.17. The van der Waals surface area contributed by atoms with Gasteiger partial charge in [0.05, 0.1) is 27.4 Å². The third-order valence-electron chi connectivity index (χ3n) is 6.27. The highest BCUT2D eigenvalue weighted by molar-refractivity contribution is 5.86. The number of benzene rings is 2. The van der Waals surface area contributed by atoms with Crippen molar-refractivity contribution in [2.45, 2.75) is 18.8 Å². The van der Waals surface area contributed by atoms with Crippen molar-refractivity contribution < 1.29 is 19.0 Å². The van der Waals surface area contributed by atoms with Crippen molar-refractivity contribution in [1.29, 1.82) is 0 Å². The molecule has 33 heavy (non-hydrogen) atoms. The lowest BCUT2D eigenvalue weighted by molar-refractivity contribution is -0.121. The van der Waals surface area contributed by atoms with Crippen LogP contribution in [-0.4, -0.2) is 69.4 Å². The summed E-state index contributed by atoms with van der Waals surface area (Å²) in [5.41, 5.74) is 3.17. The molecule has 2 heterocycles. The molecule has 7 nitrogen and oxygen atoms in total. The fraction of sp³-hybridized carbons (Fsp3) is 0.423. The molecule has 1 atom stereocenters. The smallest absolute Gasteiger partial charge is 0.220 e. The van der Waals surface area contributed by atoms with Crippen LogP contribution in [0, 0.1) is 0 Å². The van der Waals surface area contributed by atoms with Crippen molar-refractivity contribution in [2.24, 2.45) is 0 Å². The predicted molar refractivity (Wildman–Crippen MR) is 129 cm³/mol. The second-order valence-corrected chi connectivity index (χ2v) is 8.32. The van der Waals surface area contributed by atoms with Gasteiger partial charge in [-0.15, -0.1) is 0 Å². The van der Waals surface area contributed by atoms with Crippen LogP contribution >= 0.6 is 0 Å². The van der Waals surface area contributed by atoms with E-state index in [0.29, 0.717) is 24.5 Å². The van der Waals surface area contributed by atoms with Crippen molar-refractivity contribution in [1.82, 2.24) is 15.2 Å². The Balaban J connectivity index is 1.49. The first kappa shape index (κ1) is 23.1. The van der Waals surface area contributed by atoms with Crippen LogP contribution in [0.3, 0.4) is 0 Å². The van der Waals surface area contributed by atoms with Gasteiger partial charge in [0.2, 0.25) is 5.91 Å². The summed E-state index contributed by atoms with van der Waals surface area (Å²) in [4.78, 5) is 18.7. The number of H-pyrrole nitrogens is 1. The van der Waals surface area contributed by atoms with Crippen LogP contribution in [0.5, 0.6) is 11.5 Å². The molecule has 1 saturated heterocycles. The summed E-state index contributed by atoms with van der Waals surface area (Å²) in [5, 5.41) is 4.24. The number of rotatable bonds is 10. The van der Waals surface area contributed by atoms with Crippen molar-refractivity contribution in [3.8, 4) is 11.5 Å². The predicted octanol–water partition coefficient (Wildman–Crippen LogP) is 3.55. The molecule has 1 aliphatic heterocycles. The van der Waals surface area contributed by atoms with E-state index in [1.807, 2.05) is 36.5 Å². The average molecular weight is 452 g/mol. The molecule has 0 aliphatic carbocycles. The quantitative estimate of drug-likeness (QED) is 0.461. The molecule has 0 spiro atoms. The SMILES string of the molecule is COc1ccc(C(CC(=O)NCCCN2CCOCC2)c2c[nH]c3ccccc23)cc1OC. The summed E-state index contributed by atoms with van der Waals surface area (Å²) in [5.74, 6) is 1.26. The second kappa shape index (κ2) is 11.2. The summed E-state index contributed by atoms with van der Waals surface area (Å²) in [6, 6.07) is 14.1. The van der Waals surface area contributed by atoms with E-state index in [2.05, 4.69) is 27.3 Å². The van der Waals surface area contributed by atoms with Crippen molar-refractivity contribution in [2.75, 3.05) is 53.6 Å². The number of nitrogens with one attached hydrogen (secondary N) is 2. The van der Waals surface area contributed by atoms with E-state index in [-0.39, 0.29) is 11.8 Å². The van der Waals surface area contributed by atoms with Gasteiger partial charge in [-0.3, -0.25) is 9.69 Å². The van der Waals surface area contributed by atoms with Gasteiger partial charge >= 0.3 is 0 Å². The zero-order chi connectivity index (χ0) is 23.0. The molecule has 2 aromatic carbocycles. The molecule has 1 aromatic heterocycles. The number of hydrogen-bond donors (Lipinski definition) is 2. The molecule has 176 valence electrons. The van der Waals surface area contributed by atoms with Crippen LogP contribution < -0.4 is 14.8 Å². The molecule has 1 unspecified atom stereocenters. The number of carbonyl (C=O) groups is 1. The lowest BCUT2D eigenvalue weighted by Gasteiger charge is -2.26. The van der Waals surface area contributed by atoms with Gasteiger partial charge in [-0.1, -0.05) is 24.3 Å². The summed E-state index contributed by atoms with van der Waals surface area (Å²) >= 11 is 0. The Morgan fingerprint density at radius 2 is 1.91 bits per heavy atom. The van der Waals surface area contributed by atoms with Crippen LogP contribution in [0.25, 0.3) is 10.9 Å². The Bertz CT molecular complexity index is 1060. The number of fused-ring (bicyclic) bond motifs is 1. The van der Waals surface area contributed by atoms with Crippen LogP contribution in [0.1, 0.15) is 29.9 Å². The maximum atomic E-state index is 13.0. The standard InChI is InChI=1S/C26H33N3O4/c1-31-24-9-8-19(16-25(24)32-2)21(22-18-28-23-7-4-3-6-20(22)23)17-26(30)27-10-5-11-29-12-14-33-15-13-29/h3-4,6-9,16,18,21,28H,5,10-15,17H2,1-2H3,(H,27,30). The van der Waals surface area contributed by atoms with Gasteiger partial charge in [-0.25, -0.2) is 0 Å². The van der Waals surface area contributed by atoms with Crippen LogP contribution in [0.15, 0.2) is 48.7 Å². The summed E-state index contributed by atoms with van der Waals surface area (Å²) in [7, 11) is 3.25. The first-order valence-electron chi connectivity index (χ1n) is 11.5. The number of methoxy groups -OCH3 is 2. The van der Waals surface area contributed by atoms with Crippen molar-refractivity contribution >= 4 is 16.8 Å². The number of para-hydroxylation sites is 1. The van der Waals surface area contributed by atoms with E-state index in [4.69, 9.17) is 14.2 Å². The summed E-state index contributed by atoms with van der Waals surface area (Å²) in [6.07, 6.45) is 3.30. The fourth-order valence-corrected chi connectivity index (χ4v) is 4.47. The molecular formula is C26H33N3O4. The zero-order valence-electron chi connectivity index (χ0n) is 19.4. The monoisotopic (exact) mass is 451 g/mol. The molecule has 0 bridgehead atoms. The molecular weight excluding hydrogens is 418 g/mol. The normalized spacial score (nSPS) is 15.3. The number of aromatic amines is 1. The fourth-order valence-electron chi connectivity index (χ4n) is 4.47. The highest BCUT2D eigenvalue weighted by atomic mass is 16.5. The van der Waals surface area contributed by atoms with Gasteiger partial charge in [0, 0.05) is 49.1 Å². The number of amides is 1. The topological polar surface area (TPSA) is 75.8 Å². The van der Waals surface area contributed by atoms with Gasteiger partial charge in [0.15, 0.2) is 11.5 Å². The Labute approximate surface area is 195 Å². The molecule has 7 heteroatoms. The number of morpholine rings is 1. The number of hydrogen-bond acceptors (Lipinski definition) is 5. The van der Waals surface area contributed by atoms with E-state index in [1.54, 1.807) is 14.2 Å². The van der Waals surface area contributed by atoms with E-state index in [0.717, 1.165) is 61.3 Å². The largest absolute Gasteiger partial charge is 0.493 e. The minimum Gasteiger partial charge on any atom is -0.493 e. The Morgan fingerprint density at radius 1 is 1.12 bits per heavy atom. The highest BCUT2D eigenvalue weighted by Gasteiger charge is 2.23. The van der Waals surface area contributed by atoms with E-state index in [9.17, 15) is 4.79 Å². The molecule has 4 rings (SSSR count). The minimum atomic E-state index is -0.111. The van der Waals surface area contributed by atoms with Gasteiger partial charge in [0.1, 0.15) is 0 Å². The Hall–Kier alpha value is -3.03. The first-order chi connectivity index (χ1) is 16.2. The van der Waals surface area contributed by atoms with E-state index >= 15 is 0 Å². The van der Waals surface area contributed by atoms with Gasteiger partial charge in [-0.05, 0) is 42.3 Å². The molecule has 1 amide bonds. The molecule has 0 saturated carbocycles. The third-order valence-corrected chi connectivity index (χ3v) is 6.27. The Kier molecular flexibility index (Phi) is 7.86. The van der Waals surface area contributed by atoms with Crippen LogP contribution in [0.4, 0.5) is 0 Å². The van der Waals surface area contributed by atoms with Gasteiger partial charge < -0.3 is 24.5 Å². The van der Waals surface area contributed by atoms with E-state index < -0.39 is 0 Å². The van der Waals surface area contributed by atoms with Gasteiger partial charge in [0.25, 0.3) is 0 Å². The molecule has 2 N–H and O–H groups in total. The van der Waals surface area contributed by atoms with E-state index in [1.165, 1.54) is 0 Å². The third kappa shape index (κ3) is 5.67. The first-order valence-corrected chi connectivity index (χ1v) is 11.5. The van der Waals surface area contributed by atoms with Crippen LogP contribution in [0.2, 0.25) is 0 Å². The molecule has 3 aromatic rings. The number of nitrogens with zero attached hydrogens (tertiary/aromatic N) is 1. The van der Waals surface area contributed by atoms with Crippen molar-refractivity contribution in [3.63, 3.8) is 0 Å². The average Bonchev–Trinajstić information content (AvgIpc) is 3.29.